The lowest BCUT2D eigenvalue weighted by Gasteiger charge is -2.13. The number of nitriles is 1. The molecule has 0 N–H and O–H groups in total. The summed E-state index contributed by atoms with van der Waals surface area (Å²) in [6, 6.07) is 5.09. The second-order valence-corrected chi connectivity index (χ2v) is 5.41. The van der Waals surface area contributed by atoms with Crippen LogP contribution in [0.2, 0.25) is 5.02 Å². The Hall–Kier alpha value is -2.19. The molecule has 0 saturated carbocycles. The van der Waals surface area contributed by atoms with E-state index in [-0.39, 0.29) is 11.7 Å². The molecule has 0 radical (unpaired) electrons. The average molecular weight is 338 g/mol. The monoisotopic (exact) mass is 337 g/mol. The summed E-state index contributed by atoms with van der Waals surface area (Å²) >= 11 is 6.21. The van der Waals surface area contributed by atoms with E-state index in [4.69, 9.17) is 31.1 Å². The second kappa shape index (κ2) is 9.06. The molecule has 0 aliphatic heterocycles. The molecule has 0 aliphatic rings. The van der Waals surface area contributed by atoms with E-state index in [9.17, 15) is 4.79 Å². The highest BCUT2D eigenvalue weighted by atomic mass is 35.5. The maximum absolute atomic E-state index is 11.8. The Kier molecular flexibility index (Phi) is 7.43. The molecule has 6 heteroatoms. The lowest BCUT2D eigenvalue weighted by atomic mass is 10.1. The molecule has 0 amide bonds. The van der Waals surface area contributed by atoms with Gasteiger partial charge in [0, 0.05) is 0 Å². The van der Waals surface area contributed by atoms with Gasteiger partial charge in [0.2, 0.25) is 0 Å². The predicted octanol–water partition coefficient (Wildman–Crippen LogP) is 4.00. The van der Waals surface area contributed by atoms with Gasteiger partial charge in [-0.2, -0.15) is 5.26 Å². The topological polar surface area (TPSA) is 68.5 Å². The van der Waals surface area contributed by atoms with E-state index < -0.39 is 5.97 Å². The van der Waals surface area contributed by atoms with Crippen molar-refractivity contribution >= 4 is 23.6 Å². The van der Waals surface area contributed by atoms with E-state index in [0.29, 0.717) is 28.7 Å². The lowest BCUT2D eigenvalue weighted by molar-refractivity contribution is -0.142. The summed E-state index contributed by atoms with van der Waals surface area (Å²) < 4.78 is 15.8. The van der Waals surface area contributed by atoms with Crippen molar-refractivity contribution in [3.05, 3.63) is 28.3 Å². The van der Waals surface area contributed by atoms with Crippen LogP contribution in [0.1, 0.15) is 32.8 Å². The Morgan fingerprint density at radius 2 is 2.13 bits per heavy atom. The number of ether oxygens (including phenoxy) is 3. The number of hydrogen-bond acceptors (Lipinski definition) is 5. The normalized spacial score (nSPS) is 11.1. The van der Waals surface area contributed by atoms with Gasteiger partial charge in [0.15, 0.2) is 11.5 Å². The van der Waals surface area contributed by atoms with Gasteiger partial charge in [-0.05, 0) is 44.0 Å². The molecule has 0 atom stereocenters. The minimum Gasteiger partial charge on any atom is -0.493 e. The first-order valence-corrected chi connectivity index (χ1v) is 7.63. The summed E-state index contributed by atoms with van der Waals surface area (Å²) in [4.78, 5) is 11.8. The van der Waals surface area contributed by atoms with Gasteiger partial charge in [0.1, 0.15) is 11.6 Å². The van der Waals surface area contributed by atoms with Crippen molar-refractivity contribution in [2.24, 2.45) is 0 Å². The van der Waals surface area contributed by atoms with Crippen molar-refractivity contribution in [2.75, 3.05) is 13.7 Å². The fourth-order valence-electron chi connectivity index (χ4n) is 1.75. The van der Waals surface area contributed by atoms with Crippen LogP contribution in [0.25, 0.3) is 6.08 Å². The summed E-state index contributed by atoms with van der Waals surface area (Å²) in [6.07, 6.45) is 1.94. The molecule has 1 rings (SSSR count). The Morgan fingerprint density at radius 3 is 2.65 bits per heavy atom. The molecule has 0 spiro atoms. The second-order valence-electron chi connectivity index (χ2n) is 5.01. The molecule has 1 aromatic carbocycles. The van der Waals surface area contributed by atoms with Crippen molar-refractivity contribution in [3.8, 4) is 17.6 Å². The van der Waals surface area contributed by atoms with Crippen LogP contribution in [-0.2, 0) is 9.53 Å². The molecule has 5 nitrogen and oxygen atoms in total. The first-order valence-electron chi connectivity index (χ1n) is 7.26. The molecule has 0 bridgehead atoms. The Labute approximate surface area is 141 Å². The van der Waals surface area contributed by atoms with Crippen molar-refractivity contribution < 1.29 is 19.0 Å². The van der Waals surface area contributed by atoms with Crippen molar-refractivity contribution in [3.63, 3.8) is 0 Å². The first kappa shape index (κ1) is 18.9. The fraction of sp³-hybridized carbons (Fsp3) is 0.412. The minimum atomic E-state index is -0.677. The number of carbonyl (C=O) groups is 1. The number of methoxy groups -OCH3 is 1. The predicted molar refractivity (Wildman–Crippen MR) is 88.6 cm³/mol. The van der Waals surface area contributed by atoms with E-state index in [0.717, 1.165) is 6.42 Å². The average Bonchev–Trinajstić information content (AvgIpc) is 2.50. The highest BCUT2D eigenvalue weighted by molar-refractivity contribution is 6.32. The number of carbonyl (C=O) groups excluding carboxylic acids is 1. The number of nitrogens with zero attached hydrogens (tertiary/aromatic N) is 1. The van der Waals surface area contributed by atoms with Crippen molar-refractivity contribution in [1.82, 2.24) is 0 Å². The van der Waals surface area contributed by atoms with E-state index in [1.54, 1.807) is 26.0 Å². The van der Waals surface area contributed by atoms with Gasteiger partial charge >= 0.3 is 5.97 Å². The van der Waals surface area contributed by atoms with Gasteiger partial charge in [-0.25, -0.2) is 4.79 Å². The number of rotatable bonds is 7. The molecule has 0 unspecified atom stereocenters. The van der Waals surface area contributed by atoms with E-state index in [1.807, 2.05) is 13.0 Å². The van der Waals surface area contributed by atoms with Crippen molar-refractivity contribution in [2.45, 2.75) is 33.3 Å². The highest BCUT2D eigenvalue weighted by Crippen LogP contribution is 2.37. The zero-order valence-electron chi connectivity index (χ0n) is 13.7. The summed E-state index contributed by atoms with van der Waals surface area (Å²) in [6.45, 7) is 5.92. The zero-order chi connectivity index (χ0) is 17.4. The summed E-state index contributed by atoms with van der Waals surface area (Å²) in [5.74, 6) is 0.201. The van der Waals surface area contributed by atoms with Crippen LogP contribution >= 0.6 is 11.6 Å². The number of hydrogen-bond donors (Lipinski definition) is 0. The van der Waals surface area contributed by atoms with Gasteiger partial charge in [0.25, 0.3) is 0 Å². The molecular weight excluding hydrogens is 318 g/mol. The zero-order valence-corrected chi connectivity index (χ0v) is 14.4. The Balaban J connectivity index is 3.17. The Morgan fingerprint density at radius 1 is 1.43 bits per heavy atom. The van der Waals surface area contributed by atoms with E-state index in [2.05, 4.69) is 0 Å². The van der Waals surface area contributed by atoms with E-state index in [1.165, 1.54) is 13.2 Å². The standard InChI is InChI=1S/C17H20ClNO4/c1-5-6-22-16-14(18)8-12(9-15(16)21-4)7-13(10-19)17(20)23-11(2)3/h7-9,11H,5-6H2,1-4H3. The van der Waals surface area contributed by atoms with Crippen LogP contribution in [0.3, 0.4) is 0 Å². The molecule has 0 fully saturated rings. The van der Waals surface area contributed by atoms with Crippen LogP contribution in [0, 0.1) is 11.3 Å². The van der Waals surface area contributed by atoms with Crippen LogP contribution in [0.4, 0.5) is 0 Å². The van der Waals surface area contributed by atoms with Gasteiger partial charge in [-0.3, -0.25) is 0 Å². The van der Waals surface area contributed by atoms with Crippen LogP contribution in [-0.4, -0.2) is 25.8 Å². The molecule has 0 aliphatic carbocycles. The quantitative estimate of drug-likeness (QED) is 0.427. The third-order valence-electron chi connectivity index (χ3n) is 2.70. The lowest BCUT2D eigenvalue weighted by Crippen LogP contribution is -2.12. The third-order valence-corrected chi connectivity index (χ3v) is 2.98. The summed E-state index contributed by atoms with van der Waals surface area (Å²) in [5.41, 5.74) is 0.437. The van der Waals surface area contributed by atoms with Crippen LogP contribution < -0.4 is 9.47 Å². The van der Waals surface area contributed by atoms with Gasteiger partial charge in [-0.15, -0.1) is 0 Å². The number of esters is 1. The van der Waals surface area contributed by atoms with Gasteiger partial charge < -0.3 is 14.2 Å². The third kappa shape index (κ3) is 5.50. The van der Waals surface area contributed by atoms with Gasteiger partial charge in [0.05, 0.1) is 24.8 Å². The first-order chi connectivity index (χ1) is 10.9. The summed E-state index contributed by atoms with van der Waals surface area (Å²) in [7, 11) is 1.50. The smallest absolute Gasteiger partial charge is 0.349 e. The SMILES string of the molecule is CCCOc1c(Cl)cc(C=C(C#N)C(=O)OC(C)C)cc1OC. The fourth-order valence-corrected chi connectivity index (χ4v) is 2.02. The van der Waals surface area contributed by atoms with Crippen LogP contribution in [0.5, 0.6) is 11.5 Å². The molecular formula is C17H20ClNO4. The molecule has 0 heterocycles. The maximum Gasteiger partial charge on any atom is 0.349 e. The maximum atomic E-state index is 11.8. The molecule has 0 saturated heterocycles. The van der Waals surface area contributed by atoms with E-state index >= 15 is 0 Å². The minimum absolute atomic E-state index is 0.112. The van der Waals surface area contributed by atoms with Gasteiger partial charge in [-0.1, -0.05) is 18.5 Å². The van der Waals surface area contributed by atoms with Crippen LogP contribution in [0.15, 0.2) is 17.7 Å². The Bertz CT molecular complexity index is 632. The number of halogens is 1. The number of benzene rings is 1. The molecule has 1 aromatic rings. The highest BCUT2D eigenvalue weighted by Gasteiger charge is 2.15. The molecule has 23 heavy (non-hydrogen) atoms. The summed E-state index contributed by atoms with van der Waals surface area (Å²) in [5, 5.41) is 9.48. The van der Waals surface area contributed by atoms with Crippen molar-refractivity contribution in [1.29, 1.82) is 5.26 Å². The largest absolute Gasteiger partial charge is 0.493 e. The molecule has 0 aromatic heterocycles. The molecule has 124 valence electrons.